The predicted molar refractivity (Wildman–Crippen MR) is 90.4 cm³/mol. The fourth-order valence-corrected chi connectivity index (χ4v) is 2.69. The number of nitrogens with one attached hydrogen (secondary N) is 1. The molecule has 0 fully saturated rings. The van der Waals surface area contributed by atoms with Crippen LogP contribution in [0.1, 0.15) is 22.7 Å². The topological polar surface area (TPSA) is 38.0 Å². The summed E-state index contributed by atoms with van der Waals surface area (Å²) in [6.07, 6.45) is 0. The van der Waals surface area contributed by atoms with Gasteiger partial charge in [-0.1, -0.05) is 39.7 Å². The summed E-state index contributed by atoms with van der Waals surface area (Å²) < 4.78 is 15.2. The van der Waals surface area contributed by atoms with Crippen molar-refractivity contribution in [3.63, 3.8) is 0 Å². The molecule has 2 rings (SSSR count). The van der Waals surface area contributed by atoms with E-state index in [9.17, 15) is 4.39 Å². The Kier molecular flexibility index (Phi) is 5.25. The molecule has 2 nitrogen and oxygen atoms in total. The number of anilines is 1. The highest BCUT2D eigenvalue weighted by atomic mass is 79.9. The number of nitrogens with two attached hydrogens (primary N) is 1. The highest BCUT2D eigenvalue weighted by molar-refractivity contribution is 9.10. The van der Waals surface area contributed by atoms with Gasteiger partial charge in [-0.25, -0.2) is 4.39 Å². The van der Waals surface area contributed by atoms with E-state index in [0.717, 1.165) is 21.3 Å². The van der Waals surface area contributed by atoms with E-state index in [1.165, 1.54) is 6.07 Å². The quantitative estimate of drug-likeness (QED) is 0.796. The zero-order valence-electron chi connectivity index (χ0n) is 11.9. The summed E-state index contributed by atoms with van der Waals surface area (Å²) in [6, 6.07) is 8.63. The minimum atomic E-state index is -0.423. The molecule has 1 atom stereocenters. The first-order valence-corrected chi connectivity index (χ1v) is 7.78. The van der Waals surface area contributed by atoms with Crippen molar-refractivity contribution in [2.24, 2.45) is 5.73 Å². The lowest BCUT2D eigenvalue weighted by Gasteiger charge is -2.20. The minimum absolute atomic E-state index is 0.107. The van der Waals surface area contributed by atoms with Gasteiger partial charge in [0.15, 0.2) is 0 Å². The first-order valence-electron chi connectivity index (χ1n) is 6.61. The van der Waals surface area contributed by atoms with E-state index in [4.69, 9.17) is 17.3 Å². The van der Waals surface area contributed by atoms with Gasteiger partial charge in [0.05, 0.1) is 11.1 Å². The molecule has 112 valence electrons. The molecule has 0 bridgehead atoms. The first-order chi connectivity index (χ1) is 9.93. The Morgan fingerprint density at radius 2 is 1.90 bits per heavy atom. The molecule has 1 unspecified atom stereocenters. The molecule has 0 amide bonds. The Balaban J connectivity index is 2.33. The zero-order chi connectivity index (χ0) is 15.6. The Morgan fingerprint density at radius 3 is 2.48 bits per heavy atom. The third-order valence-corrected chi connectivity index (χ3v) is 4.91. The molecule has 3 N–H and O–H groups in total. The number of hydrogen-bond acceptors (Lipinski definition) is 2. The van der Waals surface area contributed by atoms with Crippen LogP contribution in [-0.4, -0.2) is 6.54 Å². The molecular formula is C16H17BrClFN2. The van der Waals surface area contributed by atoms with Gasteiger partial charge in [0.25, 0.3) is 0 Å². The summed E-state index contributed by atoms with van der Waals surface area (Å²) in [5.41, 5.74) is 9.40. The average molecular weight is 372 g/mol. The average Bonchev–Trinajstić information content (AvgIpc) is 2.45. The van der Waals surface area contributed by atoms with E-state index >= 15 is 0 Å². The number of benzene rings is 2. The molecule has 0 aromatic heterocycles. The molecule has 0 heterocycles. The van der Waals surface area contributed by atoms with Crippen molar-refractivity contribution in [2.45, 2.75) is 19.9 Å². The van der Waals surface area contributed by atoms with Gasteiger partial charge in [0.1, 0.15) is 5.82 Å². The predicted octanol–water partition coefficient (Wildman–Crippen LogP) is 4.97. The third kappa shape index (κ3) is 3.57. The van der Waals surface area contributed by atoms with Gasteiger partial charge >= 0.3 is 0 Å². The molecule has 0 radical (unpaired) electrons. The maximum absolute atomic E-state index is 14.1. The highest BCUT2D eigenvalue weighted by Crippen LogP contribution is 2.29. The molecule has 2 aromatic carbocycles. The van der Waals surface area contributed by atoms with E-state index < -0.39 is 5.82 Å². The van der Waals surface area contributed by atoms with Gasteiger partial charge in [-0.05, 0) is 43.2 Å². The molecule has 0 aliphatic rings. The minimum Gasteiger partial charge on any atom is -0.377 e. The molecule has 0 spiro atoms. The summed E-state index contributed by atoms with van der Waals surface area (Å²) >= 11 is 9.37. The Labute approximate surface area is 137 Å². The van der Waals surface area contributed by atoms with Gasteiger partial charge in [0.2, 0.25) is 0 Å². The van der Waals surface area contributed by atoms with Crippen molar-refractivity contribution in [3.05, 3.63) is 62.3 Å². The van der Waals surface area contributed by atoms with Crippen LogP contribution in [0.15, 0.2) is 34.8 Å². The summed E-state index contributed by atoms with van der Waals surface area (Å²) in [4.78, 5) is 0. The molecule has 0 aliphatic carbocycles. The monoisotopic (exact) mass is 370 g/mol. The van der Waals surface area contributed by atoms with Crippen molar-refractivity contribution in [3.8, 4) is 0 Å². The lowest BCUT2D eigenvalue weighted by Crippen LogP contribution is -2.22. The van der Waals surface area contributed by atoms with Crippen molar-refractivity contribution in [1.29, 1.82) is 0 Å². The van der Waals surface area contributed by atoms with Crippen LogP contribution in [0.2, 0.25) is 5.02 Å². The molecular weight excluding hydrogens is 355 g/mol. The van der Waals surface area contributed by atoms with E-state index in [2.05, 4.69) is 21.2 Å². The van der Waals surface area contributed by atoms with Gasteiger partial charge in [-0.15, -0.1) is 0 Å². The molecule has 5 heteroatoms. The summed E-state index contributed by atoms with van der Waals surface area (Å²) in [5.74, 6) is -0.423. The lowest BCUT2D eigenvalue weighted by molar-refractivity contribution is 0.594. The van der Waals surface area contributed by atoms with Crippen LogP contribution >= 0.6 is 27.5 Å². The third-order valence-electron chi connectivity index (χ3n) is 3.37. The molecule has 2 aromatic rings. The van der Waals surface area contributed by atoms with Crippen LogP contribution < -0.4 is 11.1 Å². The zero-order valence-corrected chi connectivity index (χ0v) is 14.2. The Morgan fingerprint density at radius 1 is 1.29 bits per heavy atom. The van der Waals surface area contributed by atoms with Gasteiger partial charge in [0, 0.05) is 22.3 Å². The van der Waals surface area contributed by atoms with E-state index in [1.54, 1.807) is 12.1 Å². The smallest absolute Gasteiger partial charge is 0.147 e. The van der Waals surface area contributed by atoms with Crippen molar-refractivity contribution in [1.82, 2.24) is 0 Å². The van der Waals surface area contributed by atoms with Crippen LogP contribution in [-0.2, 0) is 0 Å². The molecule has 21 heavy (non-hydrogen) atoms. The highest BCUT2D eigenvalue weighted by Gasteiger charge is 2.16. The van der Waals surface area contributed by atoms with Gasteiger partial charge in [-0.3, -0.25) is 0 Å². The van der Waals surface area contributed by atoms with Crippen molar-refractivity contribution in [2.75, 3.05) is 11.9 Å². The van der Waals surface area contributed by atoms with E-state index in [-0.39, 0.29) is 17.6 Å². The number of halogens is 3. The molecule has 0 saturated heterocycles. The normalized spacial score (nSPS) is 12.3. The second-order valence-electron chi connectivity index (χ2n) is 5.00. The van der Waals surface area contributed by atoms with Crippen LogP contribution in [0.4, 0.5) is 10.1 Å². The summed E-state index contributed by atoms with van der Waals surface area (Å²) in [6.45, 7) is 4.30. The second-order valence-corrected chi connectivity index (χ2v) is 6.20. The van der Waals surface area contributed by atoms with Crippen LogP contribution in [0.5, 0.6) is 0 Å². The van der Waals surface area contributed by atoms with E-state index in [0.29, 0.717) is 5.56 Å². The maximum Gasteiger partial charge on any atom is 0.147 e. The number of rotatable bonds is 4. The fraction of sp³-hybridized carbons (Fsp3) is 0.250. The van der Waals surface area contributed by atoms with Crippen molar-refractivity contribution >= 4 is 33.2 Å². The second kappa shape index (κ2) is 6.77. The largest absolute Gasteiger partial charge is 0.377 e. The standard InChI is InChI=1S/C16H17BrClFN2/c1-9-6-11(7-10(2)15(9)17)21-14(8-20)12-4-3-5-13(18)16(12)19/h3-7,14,21H,8,20H2,1-2H3. The summed E-state index contributed by atoms with van der Waals surface area (Å²) in [5, 5.41) is 3.38. The van der Waals surface area contributed by atoms with Gasteiger partial charge < -0.3 is 11.1 Å². The van der Waals surface area contributed by atoms with Crippen LogP contribution in [0.25, 0.3) is 0 Å². The van der Waals surface area contributed by atoms with Crippen LogP contribution in [0.3, 0.4) is 0 Å². The summed E-state index contributed by atoms with van der Waals surface area (Å²) in [7, 11) is 0. The van der Waals surface area contributed by atoms with Crippen molar-refractivity contribution < 1.29 is 4.39 Å². The maximum atomic E-state index is 14.1. The molecule has 0 aliphatic heterocycles. The van der Waals surface area contributed by atoms with Crippen LogP contribution in [0, 0.1) is 19.7 Å². The number of aryl methyl sites for hydroxylation is 2. The molecule has 0 saturated carbocycles. The Hall–Kier alpha value is -1.10. The SMILES string of the molecule is Cc1cc(NC(CN)c2cccc(Cl)c2F)cc(C)c1Br. The Bertz CT molecular complexity index is 638. The first kappa shape index (κ1) is 16.3. The van der Waals surface area contributed by atoms with Gasteiger partial charge in [-0.2, -0.15) is 0 Å². The number of hydrogen-bond donors (Lipinski definition) is 2. The fourth-order valence-electron chi connectivity index (χ4n) is 2.28. The lowest BCUT2D eigenvalue weighted by atomic mass is 10.0. The van der Waals surface area contributed by atoms with E-state index in [1.807, 2.05) is 26.0 Å².